The fraction of sp³-hybridized carbons (Fsp3) is 0.400. The lowest BCUT2D eigenvalue weighted by Crippen LogP contribution is -2.25. The number of benzene rings is 2. The zero-order valence-corrected chi connectivity index (χ0v) is 21.7. The van der Waals surface area contributed by atoms with Gasteiger partial charge in [-0.25, -0.2) is 8.78 Å². The quantitative estimate of drug-likeness (QED) is 0.325. The van der Waals surface area contributed by atoms with Crippen molar-refractivity contribution in [2.75, 3.05) is 11.4 Å². The molecule has 1 fully saturated rings. The number of rotatable bonds is 4. The molecule has 0 bridgehead atoms. The predicted molar refractivity (Wildman–Crippen MR) is 144 cm³/mol. The summed E-state index contributed by atoms with van der Waals surface area (Å²) in [5.74, 6) is 0.241. The number of aromatic nitrogens is 3. The molecule has 1 aliphatic carbocycles. The summed E-state index contributed by atoms with van der Waals surface area (Å²) in [6.45, 7) is 2.24. The maximum atomic E-state index is 14.4. The van der Waals surface area contributed by atoms with Crippen molar-refractivity contribution >= 4 is 28.1 Å². The van der Waals surface area contributed by atoms with Crippen LogP contribution < -0.4 is 4.90 Å². The van der Waals surface area contributed by atoms with Crippen molar-refractivity contribution in [1.82, 2.24) is 14.3 Å². The lowest BCUT2D eigenvalue weighted by atomic mass is 9.82. The van der Waals surface area contributed by atoms with Crippen LogP contribution >= 0.6 is 0 Å². The molecule has 0 saturated heterocycles. The molecule has 0 unspecified atom stereocenters. The van der Waals surface area contributed by atoms with Crippen LogP contribution in [0.25, 0.3) is 21.9 Å². The molecule has 198 valence electrons. The van der Waals surface area contributed by atoms with Crippen LogP contribution in [0.3, 0.4) is 0 Å². The molecule has 6 nitrogen and oxygen atoms in total. The maximum Gasteiger partial charge on any atom is 0.264 e. The van der Waals surface area contributed by atoms with Gasteiger partial charge in [-0.3, -0.25) is 14.0 Å². The van der Waals surface area contributed by atoms with E-state index in [-0.39, 0.29) is 17.6 Å². The number of hydrogen-bond acceptors (Lipinski definition) is 4. The van der Waals surface area contributed by atoms with Crippen molar-refractivity contribution < 1.29 is 18.7 Å². The van der Waals surface area contributed by atoms with Gasteiger partial charge in [0, 0.05) is 66.7 Å². The Morgan fingerprint density at radius 3 is 2.53 bits per heavy atom. The molecule has 2 aliphatic rings. The SMILES string of the molecule is CC(=O)n1cc2cc(C3CCC(O)CC3)cc(N3CCCc4cc(-c5cnn(C)c5)c(C(F)F)cc43)c2c1. The molecule has 1 aliphatic heterocycles. The normalized spacial score (nSPS) is 19.8. The monoisotopic (exact) mass is 518 g/mol. The highest BCUT2D eigenvalue weighted by Crippen LogP contribution is 2.45. The number of aryl methyl sites for hydroxylation is 2. The molecule has 0 amide bonds. The molecule has 2 aromatic heterocycles. The van der Waals surface area contributed by atoms with Crippen molar-refractivity contribution in [3.05, 3.63) is 65.7 Å². The molecular formula is C30H32F2N4O2. The summed E-state index contributed by atoms with van der Waals surface area (Å²) in [4.78, 5) is 14.4. The van der Waals surface area contributed by atoms with Crippen LogP contribution in [0.4, 0.5) is 20.2 Å². The standard InChI is InChI=1S/C30H32F2N4O2/c1-18(37)35-16-22-10-21(19-5-7-24(38)8-6-19)12-29(27(22)17-35)36-9-3-4-20-11-25(23-14-33-34(2)15-23)26(30(31)32)13-28(20)36/h10-17,19,24,30,38H,3-9H2,1-2H3. The number of carbonyl (C=O) groups excluding carboxylic acids is 1. The van der Waals surface area contributed by atoms with Crippen LogP contribution in [0.15, 0.2) is 49.1 Å². The highest BCUT2D eigenvalue weighted by molar-refractivity contribution is 5.99. The summed E-state index contributed by atoms with van der Waals surface area (Å²) in [6.07, 6.45) is 9.29. The van der Waals surface area contributed by atoms with Crippen LogP contribution in [-0.4, -0.2) is 38.0 Å². The first-order valence-electron chi connectivity index (χ1n) is 13.3. The van der Waals surface area contributed by atoms with Gasteiger partial charge in [0.05, 0.1) is 18.0 Å². The molecule has 2 aromatic carbocycles. The second-order valence-corrected chi connectivity index (χ2v) is 10.8. The summed E-state index contributed by atoms with van der Waals surface area (Å²) >= 11 is 0. The van der Waals surface area contributed by atoms with E-state index < -0.39 is 6.43 Å². The lowest BCUT2D eigenvalue weighted by Gasteiger charge is -2.34. The first-order chi connectivity index (χ1) is 18.3. The van der Waals surface area contributed by atoms with E-state index in [4.69, 9.17) is 0 Å². The van der Waals surface area contributed by atoms with Gasteiger partial charge in [0.15, 0.2) is 0 Å². The molecule has 0 atom stereocenters. The van der Waals surface area contributed by atoms with Crippen LogP contribution in [0.2, 0.25) is 0 Å². The fourth-order valence-corrected chi connectivity index (χ4v) is 6.20. The molecule has 0 spiro atoms. The Morgan fingerprint density at radius 2 is 1.84 bits per heavy atom. The van der Waals surface area contributed by atoms with E-state index in [1.165, 1.54) is 12.5 Å². The number of nitrogens with zero attached hydrogens (tertiary/aromatic N) is 4. The van der Waals surface area contributed by atoms with E-state index >= 15 is 0 Å². The van der Waals surface area contributed by atoms with E-state index in [1.807, 2.05) is 18.5 Å². The maximum absolute atomic E-state index is 14.4. The lowest BCUT2D eigenvalue weighted by molar-refractivity contribution is 0.0937. The minimum atomic E-state index is -2.63. The number of alkyl halides is 2. The van der Waals surface area contributed by atoms with Crippen molar-refractivity contribution in [1.29, 1.82) is 0 Å². The van der Waals surface area contributed by atoms with E-state index in [9.17, 15) is 18.7 Å². The predicted octanol–water partition coefficient (Wildman–Crippen LogP) is 6.74. The number of hydrogen-bond donors (Lipinski definition) is 1. The van der Waals surface area contributed by atoms with E-state index in [2.05, 4.69) is 22.1 Å². The number of aliphatic hydroxyl groups excluding tert-OH is 1. The average Bonchev–Trinajstić information content (AvgIpc) is 3.54. The number of fused-ring (bicyclic) bond motifs is 2. The smallest absolute Gasteiger partial charge is 0.264 e. The third-order valence-corrected chi connectivity index (χ3v) is 8.20. The molecule has 1 N–H and O–H groups in total. The first-order valence-corrected chi connectivity index (χ1v) is 13.3. The summed E-state index contributed by atoms with van der Waals surface area (Å²) in [5.41, 5.74) is 5.16. The zero-order valence-electron chi connectivity index (χ0n) is 21.7. The Bertz CT molecular complexity index is 1510. The van der Waals surface area contributed by atoms with E-state index in [0.29, 0.717) is 23.6 Å². The van der Waals surface area contributed by atoms with Gasteiger partial charge in [0.2, 0.25) is 5.91 Å². The largest absolute Gasteiger partial charge is 0.393 e. The third kappa shape index (κ3) is 4.41. The zero-order chi connectivity index (χ0) is 26.6. The number of anilines is 2. The van der Waals surface area contributed by atoms with Gasteiger partial charge >= 0.3 is 0 Å². The van der Waals surface area contributed by atoms with Gasteiger partial charge in [-0.05, 0) is 85.4 Å². The summed E-state index contributed by atoms with van der Waals surface area (Å²) < 4.78 is 32.0. The Hall–Kier alpha value is -3.52. The molecule has 3 heterocycles. The highest BCUT2D eigenvalue weighted by Gasteiger charge is 2.28. The van der Waals surface area contributed by atoms with Crippen LogP contribution in [-0.2, 0) is 13.5 Å². The van der Waals surface area contributed by atoms with Crippen molar-refractivity contribution in [2.45, 2.75) is 63.9 Å². The van der Waals surface area contributed by atoms with Crippen molar-refractivity contribution in [2.24, 2.45) is 7.05 Å². The fourth-order valence-electron chi connectivity index (χ4n) is 6.20. The summed E-state index contributed by atoms with van der Waals surface area (Å²) in [6, 6.07) is 7.90. The van der Waals surface area contributed by atoms with Gasteiger partial charge in [-0.1, -0.05) is 0 Å². The molecule has 0 radical (unpaired) electrons. The third-order valence-electron chi connectivity index (χ3n) is 8.20. The Balaban J connectivity index is 1.51. The van der Waals surface area contributed by atoms with Crippen LogP contribution in [0.1, 0.15) is 72.9 Å². The van der Waals surface area contributed by atoms with Crippen molar-refractivity contribution in [3.8, 4) is 11.1 Å². The van der Waals surface area contributed by atoms with Gasteiger partial charge < -0.3 is 10.0 Å². The summed E-state index contributed by atoms with van der Waals surface area (Å²) in [7, 11) is 1.78. The van der Waals surface area contributed by atoms with Gasteiger partial charge in [0.1, 0.15) is 0 Å². The van der Waals surface area contributed by atoms with E-state index in [1.54, 1.807) is 34.8 Å². The Morgan fingerprint density at radius 1 is 1.05 bits per heavy atom. The molecule has 6 rings (SSSR count). The molecule has 38 heavy (non-hydrogen) atoms. The molecule has 8 heteroatoms. The first kappa shape index (κ1) is 24.8. The van der Waals surface area contributed by atoms with Crippen LogP contribution in [0.5, 0.6) is 0 Å². The Kier molecular flexibility index (Phi) is 6.30. The minimum Gasteiger partial charge on any atom is -0.393 e. The molecular weight excluding hydrogens is 486 g/mol. The molecule has 4 aromatic rings. The minimum absolute atomic E-state index is 0.00128. The average molecular weight is 519 g/mol. The van der Waals surface area contributed by atoms with Gasteiger partial charge in [-0.2, -0.15) is 5.10 Å². The van der Waals surface area contributed by atoms with E-state index in [0.717, 1.165) is 66.2 Å². The van der Waals surface area contributed by atoms with Crippen molar-refractivity contribution in [3.63, 3.8) is 0 Å². The topological polar surface area (TPSA) is 63.3 Å². The van der Waals surface area contributed by atoms with Gasteiger partial charge in [-0.15, -0.1) is 0 Å². The van der Waals surface area contributed by atoms with Crippen LogP contribution in [0, 0.1) is 0 Å². The molecule has 1 saturated carbocycles. The van der Waals surface area contributed by atoms with Gasteiger partial charge in [0.25, 0.3) is 6.43 Å². The second kappa shape index (κ2) is 9.66. The Labute approximate surface area is 220 Å². The number of halogens is 2. The summed E-state index contributed by atoms with van der Waals surface area (Å²) in [5, 5.41) is 16.1. The number of aliphatic hydroxyl groups is 1. The highest BCUT2D eigenvalue weighted by atomic mass is 19.3. The second-order valence-electron chi connectivity index (χ2n) is 10.8. The number of carbonyl (C=O) groups is 1.